The van der Waals surface area contributed by atoms with E-state index >= 15 is 0 Å². The molecule has 18 heavy (non-hydrogen) atoms. The molecule has 2 aliphatic rings. The molecule has 5 nitrogen and oxygen atoms in total. The van der Waals surface area contributed by atoms with Gasteiger partial charge in [0.1, 0.15) is 0 Å². The summed E-state index contributed by atoms with van der Waals surface area (Å²) in [6.07, 6.45) is 8.80. The summed E-state index contributed by atoms with van der Waals surface area (Å²) in [5.74, 6) is 0.647. The van der Waals surface area contributed by atoms with Gasteiger partial charge in [0.25, 0.3) is 0 Å². The van der Waals surface area contributed by atoms with Gasteiger partial charge in [0.15, 0.2) is 0 Å². The van der Waals surface area contributed by atoms with Crippen molar-refractivity contribution >= 4 is 11.9 Å². The van der Waals surface area contributed by atoms with Gasteiger partial charge in [-0.15, -0.1) is 0 Å². The van der Waals surface area contributed by atoms with Gasteiger partial charge in [0, 0.05) is 24.2 Å². The predicted octanol–water partition coefficient (Wildman–Crippen LogP) is 1.26. The number of nitrogens with two attached hydrogens (primary N) is 1. The van der Waals surface area contributed by atoms with Crippen LogP contribution in [0.4, 0.5) is 5.95 Å². The van der Waals surface area contributed by atoms with Gasteiger partial charge >= 0.3 is 0 Å². The van der Waals surface area contributed by atoms with Crippen LogP contribution in [0.3, 0.4) is 0 Å². The van der Waals surface area contributed by atoms with E-state index < -0.39 is 0 Å². The summed E-state index contributed by atoms with van der Waals surface area (Å²) in [4.78, 5) is 22.4. The minimum absolute atomic E-state index is 0.134. The quantitative estimate of drug-likeness (QED) is 0.755. The molecule has 2 N–H and O–H groups in total. The van der Waals surface area contributed by atoms with Crippen LogP contribution in [0.5, 0.6) is 0 Å². The fourth-order valence-electron chi connectivity index (χ4n) is 2.60. The minimum atomic E-state index is 0.134. The molecular formula is C13H16N4O. The van der Waals surface area contributed by atoms with Gasteiger partial charge in [-0.25, -0.2) is 9.97 Å². The molecule has 1 atom stereocenters. The van der Waals surface area contributed by atoms with Crippen molar-refractivity contribution in [3.05, 3.63) is 29.6 Å². The van der Waals surface area contributed by atoms with Crippen LogP contribution in [0.2, 0.25) is 0 Å². The van der Waals surface area contributed by atoms with E-state index in [2.05, 4.69) is 22.1 Å². The number of hydrogen-bond donors (Lipinski definition) is 1. The van der Waals surface area contributed by atoms with Crippen LogP contribution < -0.4 is 5.73 Å². The highest BCUT2D eigenvalue weighted by Crippen LogP contribution is 2.26. The largest absolute Gasteiger partial charge is 0.368 e. The van der Waals surface area contributed by atoms with Crippen molar-refractivity contribution in [3.63, 3.8) is 0 Å². The maximum Gasteiger partial charge on any atom is 0.226 e. The minimum Gasteiger partial charge on any atom is -0.368 e. The van der Waals surface area contributed by atoms with Gasteiger partial charge in [-0.1, -0.05) is 12.2 Å². The lowest BCUT2D eigenvalue weighted by Gasteiger charge is -2.23. The molecule has 94 valence electrons. The summed E-state index contributed by atoms with van der Waals surface area (Å²) < 4.78 is 0. The third-order valence-corrected chi connectivity index (χ3v) is 3.60. The molecule has 0 aromatic carbocycles. The number of amides is 1. The molecule has 0 saturated heterocycles. The number of carbonyl (C=O) groups excluding carboxylic acids is 1. The molecule has 0 bridgehead atoms. The van der Waals surface area contributed by atoms with E-state index in [0.29, 0.717) is 13.1 Å². The molecule has 1 aliphatic heterocycles. The molecule has 0 spiro atoms. The number of nitrogen functional groups attached to an aromatic ring is 1. The molecule has 5 heteroatoms. The first-order valence-corrected chi connectivity index (χ1v) is 6.28. The number of anilines is 1. The third-order valence-electron chi connectivity index (χ3n) is 3.60. The Morgan fingerprint density at radius 1 is 1.39 bits per heavy atom. The van der Waals surface area contributed by atoms with Crippen molar-refractivity contribution in [2.75, 3.05) is 5.73 Å². The Labute approximate surface area is 106 Å². The van der Waals surface area contributed by atoms with Gasteiger partial charge in [-0.05, 0) is 19.3 Å². The third kappa shape index (κ3) is 1.96. The molecule has 1 aromatic heterocycles. The summed E-state index contributed by atoms with van der Waals surface area (Å²) in [6.45, 7) is 1.19. The monoisotopic (exact) mass is 244 g/mol. The number of nitrogens with zero attached hydrogens (tertiary/aromatic N) is 3. The fraction of sp³-hybridized carbons (Fsp3) is 0.462. The highest BCUT2D eigenvalue weighted by Gasteiger charge is 2.29. The average molecular weight is 244 g/mol. The van der Waals surface area contributed by atoms with E-state index in [4.69, 9.17) is 5.73 Å². The molecule has 0 radical (unpaired) electrons. The number of carbonyl (C=O) groups is 1. The zero-order chi connectivity index (χ0) is 12.5. The number of hydrogen-bond acceptors (Lipinski definition) is 4. The van der Waals surface area contributed by atoms with Crippen LogP contribution in [0.1, 0.15) is 30.5 Å². The van der Waals surface area contributed by atoms with Crippen LogP contribution >= 0.6 is 0 Å². The maximum absolute atomic E-state index is 12.4. The molecule has 1 aromatic rings. The van der Waals surface area contributed by atoms with Crippen molar-refractivity contribution in [2.45, 2.75) is 32.4 Å². The zero-order valence-corrected chi connectivity index (χ0v) is 10.2. The summed E-state index contributed by atoms with van der Waals surface area (Å²) in [5, 5.41) is 0. The first-order chi connectivity index (χ1) is 8.74. The molecule has 3 rings (SSSR count). The number of aromatic nitrogens is 2. The molecule has 1 aliphatic carbocycles. The Kier molecular flexibility index (Phi) is 2.74. The van der Waals surface area contributed by atoms with E-state index in [0.717, 1.165) is 30.5 Å². The number of rotatable bonds is 1. The first-order valence-electron chi connectivity index (χ1n) is 6.28. The topological polar surface area (TPSA) is 72.1 Å². The molecule has 1 amide bonds. The van der Waals surface area contributed by atoms with E-state index in [1.54, 1.807) is 6.20 Å². The second kappa shape index (κ2) is 4.40. The highest BCUT2D eigenvalue weighted by molar-refractivity contribution is 5.79. The Morgan fingerprint density at radius 2 is 2.28 bits per heavy atom. The van der Waals surface area contributed by atoms with E-state index in [9.17, 15) is 4.79 Å². The Morgan fingerprint density at radius 3 is 3.06 bits per heavy atom. The van der Waals surface area contributed by atoms with Crippen molar-refractivity contribution in [1.29, 1.82) is 0 Å². The van der Waals surface area contributed by atoms with Crippen molar-refractivity contribution in [1.82, 2.24) is 14.9 Å². The lowest BCUT2D eigenvalue weighted by Crippen LogP contribution is -2.32. The van der Waals surface area contributed by atoms with Gasteiger partial charge in [0.2, 0.25) is 11.9 Å². The normalized spacial score (nSPS) is 22.0. The summed E-state index contributed by atoms with van der Waals surface area (Å²) in [6, 6.07) is 0. The smallest absolute Gasteiger partial charge is 0.226 e. The maximum atomic E-state index is 12.4. The Balaban J connectivity index is 1.73. The van der Waals surface area contributed by atoms with E-state index in [1.807, 2.05) is 4.90 Å². The van der Waals surface area contributed by atoms with Crippen molar-refractivity contribution in [2.24, 2.45) is 5.92 Å². The Hall–Kier alpha value is -1.91. The zero-order valence-electron chi connectivity index (χ0n) is 10.2. The molecular weight excluding hydrogens is 228 g/mol. The second-order valence-electron chi connectivity index (χ2n) is 4.88. The lowest BCUT2D eigenvalue weighted by atomic mass is 9.93. The van der Waals surface area contributed by atoms with Crippen molar-refractivity contribution in [3.8, 4) is 0 Å². The molecule has 1 unspecified atom stereocenters. The van der Waals surface area contributed by atoms with Crippen LogP contribution in [0.15, 0.2) is 18.3 Å². The fourth-order valence-corrected chi connectivity index (χ4v) is 2.60. The second-order valence-corrected chi connectivity index (χ2v) is 4.88. The van der Waals surface area contributed by atoms with E-state index in [1.165, 1.54) is 0 Å². The molecule has 0 saturated carbocycles. The van der Waals surface area contributed by atoms with Crippen molar-refractivity contribution < 1.29 is 4.79 Å². The van der Waals surface area contributed by atoms with Crippen LogP contribution in [0, 0.1) is 5.92 Å². The standard InChI is InChI=1S/C13H16N4O/c14-13-15-6-10-7-17(8-11(10)16-13)12(18)9-4-2-1-3-5-9/h1-2,6,9H,3-5,7-8H2,(H2,14,15,16). The van der Waals surface area contributed by atoms with E-state index in [-0.39, 0.29) is 17.8 Å². The molecule has 0 fully saturated rings. The van der Waals surface area contributed by atoms with Gasteiger partial charge in [-0.3, -0.25) is 4.79 Å². The van der Waals surface area contributed by atoms with Crippen LogP contribution in [-0.4, -0.2) is 20.8 Å². The van der Waals surface area contributed by atoms with Gasteiger partial charge in [0.05, 0.1) is 12.2 Å². The van der Waals surface area contributed by atoms with Crippen LogP contribution in [0.25, 0.3) is 0 Å². The average Bonchev–Trinajstić information content (AvgIpc) is 2.81. The summed E-state index contributed by atoms with van der Waals surface area (Å²) >= 11 is 0. The van der Waals surface area contributed by atoms with Gasteiger partial charge < -0.3 is 10.6 Å². The van der Waals surface area contributed by atoms with Gasteiger partial charge in [-0.2, -0.15) is 0 Å². The first kappa shape index (κ1) is 11.2. The summed E-state index contributed by atoms with van der Waals surface area (Å²) in [5.41, 5.74) is 7.47. The predicted molar refractivity (Wildman–Crippen MR) is 67.2 cm³/mol. The lowest BCUT2D eigenvalue weighted by molar-refractivity contribution is -0.136. The molecule has 2 heterocycles. The Bertz CT molecular complexity index is 512. The SMILES string of the molecule is Nc1ncc2c(n1)CN(C(=O)C1CC=CCC1)C2. The highest BCUT2D eigenvalue weighted by atomic mass is 16.2. The van der Waals surface area contributed by atoms with Crippen LogP contribution in [-0.2, 0) is 17.9 Å². The summed E-state index contributed by atoms with van der Waals surface area (Å²) in [7, 11) is 0. The number of fused-ring (bicyclic) bond motifs is 1. The number of allylic oxidation sites excluding steroid dienone is 2.